The highest BCUT2D eigenvalue weighted by molar-refractivity contribution is 7.89. The van der Waals surface area contributed by atoms with E-state index in [4.69, 9.17) is 21.5 Å². The fraction of sp³-hybridized carbons (Fsp3) is 0.167. The van der Waals surface area contributed by atoms with Crippen LogP contribution in [0.5, 0.6) is 0 Å². The molecule has 0 aliphatic heterocycles. The van der Waals surface area contributed by atoms with Gasteiger partial charge in [-0.15, -0.1) is 0 Å². The second kappa shape index (κ2) is 9.09. The number of nitrogens with one attached hydrogen (secondary N) is 1. The summed E-state index contributed by atoms with van der Waals surface area (Å²) in [7, 11) is -4.04. The van der Waals surface area contributed by atoms with Crippen molar-refractivity contribution < 1.29 is 22.7 Å². The molecule has 0 saturated carbocycles. The number of amides is 1. The van der Waals surface area contributed by atoms with E-state index >= 15 is 0 Å². The number of hydrogen-bond acceptors (Lipinski definition) is 5. The normalized spacial score (nSPS) is 12.6. The zero-order valence-corrected chi connectivity index (χ0v) is 20.0. The van der Waals surface area contributed by atoms with E-state index in [1.54, 1.807) is 6.07 Å². The first-order valence-corrected chi connectivity index (χ1v) is 12.4. The molecule has 1 unspecified atom stereocenters. The third-order valence-electron chi connectivity index (χ3n) is 5.50. The minimum Gasteiger partial charge on any atom is -0.449 e. The first-order chi connectivity index (χ1) is 16.1. The van der Waals surface area contributed by atoms with Gasteiger partial charge in [0.05, 0.1) is 15.5 Å². The number of sulfonamides is 1. The number of nitrogens with two attached hydrogens (primary N) is 1. The number of carbonyl (C=O) groups excluding carboxylic acids is 2. The number of carbonyl (C=O) groups is 2. The molecule has 1 aromatic heterocycles. The third kappa shape index (κ3) is 4.50. The smallest absolute Gasteiger partial charge is 0.340 e. The van der Waals surface area contributed by atoms with Crippen molar-refractivity contribution in [2.24, 2.45) is 5.14 Å². The molecule has 176 valence electrons. The van der Waals surface area contributed by atoms with Gasteiger partial charge in [-0.25, -0.2) is 18.4 Å². The molecule has 1 heterocycles. The molecular weight excluding hydrogens is 478 g/mol. The van der Waals surface area contributed by atoms with E-state index in [1.165, 1.54) is 19.1 Å². The standard InChI is InChI=1S/C24H22ClN3O5S/c1-3-28-21-7-5-4-6-17(21)18-12-15(8-11-22(18)28)27-23(29)14(2)33-24(30)19-13-16(34(26,31)32)9-10-20(19)25/h4-14H,3H2,1-2H3,(H,27,29)(H2,26,31,32). The molecule has 3 aromatic carbocycles. The zero-order chi connectivity index (χ0) is 24.6. The van der Waals surface area contributed by atoms with Crippen molar-refractivity contribution in [2.75, 3.05) is 5.32 Å². The first kappa shape index (κ1) is 23.7. The summed E-state index contributed by atoms with van der Waals surface area (Å²) >= 11 is 6.01. The molecule has 0 spiro atoms. The number of rotatable bonds is 6. The highest BCUT2D eigenvalue weighted by Crippen LogP contribution is 2.31. The van der Waals surface area contributed by atoms with Crippen LogP contribution < -0.4 is 10.5 Å². The van der Waals surface area contributed by atoms with Crippen LogP contribution in [0.1, 0.15) is 24.2 Å². The molecule has 1 atom stereocenters. The minimum absolute atomic E-state index is 0.0252. The quantitative estimate of drug-likeness (QED) is 0.383. The van der Waals surface area contributed by atoms with Crippen LogP contribution in [-0.4, -0.2) is 31.0 Å². The summed E-state index contributed by atoms with van der Waals surface area (Å²) in [5.41, 5.74) is 2.49. The van der Waals surface area contributed by atoms with Crippen LogP contribution in [-0.2, 0) is 26.1 Å². The van der Waals surface area contributed by atoms with Crippen LogP contribution in [0.2, 0.25) is 5.02 Å². The van der Waals surface area contributed by atoms with Crippen molar-refractivity contribution in [2.45, 2.75) is 31.4 Å². The van der Waals surface area contributed by atoms with Crippen LogP contribution in [0.4, 0.5) is 5.69 Å². The number of hydrogen-bond donors (Lipinski definition) is 2. The van der Waals surface area contributed by atoms with Gasteiger partial charge in [0.2, 0.25) is 10.0 Å². The van der Waals surface area contributed by atoms with Crippen LogP contribution in [0, 0.1) is 0 Å². The molecule has 0 fully saturated rings. The summed E-state index contributed by atoms with van der Waals surface area (Å²) < 4.78 is 30.5. The van der Waals surface area contributed by atoms with Gasteiger partial charge in [-0.1, -0.05) is 29.8 Å². The van der Waals surface area contributed by atoms with Crippen molar-refractivity contribution in [1.82, 2.24) is 4.57 Å². The second-order valence-corrected chi connectivity index (χ2v) is 9.69. The number of primary sulfonamides is 1. The van der Waals surface area contributed by atoms with E-state index in [-0.39, 0.29) is 15.5 Å². The fourth-order valence-corrected chi connectivity index (χ4v) is 4.57. The topological polar surface area (TPSA) is 120 Å². The number of benzene rings is 3. The number of ether oxygens (including phenoxy) is 1. The average Bonchev–Trinajstić information content (AvgIpc) is 3.11. The number of aryl methyl sites for hydroxylation is 1. The maximum absolute atomic E-state index is 12.7. The van der Waals surface area contributed by atoms with Gasteiger partial charge < -0.3 is 14.6 Å². The highest BCUT2D eigenvalue weighted by atomic mass is 35.5. The van der Waals surface area contributed by atoms with Gasteiger partial charge in [-0.3, -0.25) is 4.79 Å². The Bertz CT molecular complexity index is 1550. The Morgan fingerprint density at radius 2 is 1.76 bits per heavy atom. The van der Waals surface area contributed by atoms with Gasteiger partial charge >= 0.3 is 5.97 Å². The molecule has 4 aromatic rings. The lowest BCUT2D eigenvalue weighted by Crippen LogP contribution is -2.30. The molecule has 0 radical (unpaired) electrons. The van der Waals surface area contributed by atoms with E-state index in [2.05, 4.69) is 22.9 Å². The molecule has 1 amide bonds. The number of anilines is 1. The van der Waals surface area contributed by atoms with Gasteiger partial charge in [0, 0.05) is 34.0 Å². The Morgan fingerprint density at radius 3 is 2.47 bits per heavy atom. The minimum atomic E-state index is -4.04. The number of esters is 1. The Morgan fingerprint density at radius 1 is 1.06 bits per heavy atom. The molecule has 0 bridgehead atoms. The maximum atomic E-state index is 12.7. The molecule has 0 aliphatic carbocycles. The number of para-hydroxylation sites is 1. The van der Waals surface area contributed by atoms with Gasteiger partial charge in [0.15, 0.2) is 6.10 Å². The lowest BCUT2D eigenvalue weighted by Gasteiger charge is -2.14. The van der Waals surface area contributed by atoms with Gasteiger partial charge in [0.1, 0.15) is 0 Å². The molecule has 0 saturated heterocycles. The SMILES string of the molecule is CCn1c2ccccc2c2cc(NC(=O)C(C)OC(=O)c3cc(S(N)(=O)=O)ccc3Cl)ccc21. The maximum Gasteiger partial charge on any atom is 0.340 e. The molecule has 3 N–H and O–H groups in total. The van der Waals surface area contributed by atoms with E-state index < -0.39 is 28.0 Å². The Labute approximate surface area is 201 Å². The van der Waals surface area contributed by atoms with Crippen molar-refractivity contribution in [3.05, 3.63) is 71.2 Å². The lowest BCUT2D eigenvalue weighted by molar-refractivity contribution is -0.123. The number of aromatic nitrogens is 1. The van der Waals surface area contributed by atoms with Crippen LogP contribution in [0.3, 0.4) is 0 Å². The lowest BCUT2D eigenvalue weighted by atomic mass is 10.1. The average molecular weight is 500 g/mol. The largest absolute Gasteiger partial charge is 0.449 e. The van der Waals surface area contributed by atoms with Crippen LogP contribution in [0.25, 0.3) is 21.8 Å². The van der Waals surface area contributed by atoms with E-state index in [1.807, 2.05) is 30.3 Å². The van der Waals surface area contributed by atoms with Crippen LogP contribution >= 0.6 is 11.6 Å². The monoisotopic (exact) mass is 499 g/mol. The predicted molar refractivity (Wildman–Crippen MR) is 131 cm³/mol. The zero-order valence-electron chi connectivity index (χ0n) is 18.4. The third-order valence-corrected chi connectivity index (χ3v) is 6.74. The van der Waals surface area contributed by atoms with Crippen LogP contribution in [0.15, 0.2) is 65.6 Å². The Kier molecular flexibility index (Phi) is 6.35. The summed E-state index contributed by atoms with van der Waals surface area (Å²) in [6.07, 6.45) is -1.17. The highest BCUT2D eigenvalue weighted by Gasteiger charge is 2.23. The summed E-state index contributed by atoms with van der Waals surface area (Å²) in [5, 5.41) is 9.90. The second-order valence-electron chi connectivity index (χ2n) is 7.72. The molecule has 34 heavy (non-hydrogen) atoms. The van der Waals surface area contributed by atoms with E-state index in [0.29, 0.717) is 5.69 Å². The van der Waals surface area contributed by atoms with Crippen molar-refractivity contribution >= 4 is 61.0 Å². The van der Waals surface area contributed by atoms with Gasteiger partial charge in [-0.05, 0) is 56.3 Å². The van der Waals surface area contributed by atoms with Crippen molar-refractivity contribution in [1.29, 1.82) is 0 Å². The number of halogens is 1. The molecule has 8 nitrogen and oxygen atoms in total. The Balaban J connectivity index is 1.54. The molecule has 4 rings (SSSR count). The fourth-order valence-electron chi connectivity index (χ4n) is 3.83. The molecular formula is C24H22ClN3O5S. The number of fused-ring (bicyclic) bond motifs is 3. The molecule has 10 heteroatoms. The summed E-state index contributed by atoms with van der Waals surface area (Å²) in [6, 6.07) is 17.0. The summed E-state index contributed by atoms with van der Waals surface area (Å²) in [4.78, 5) is 25.0. The summed E-state index contributed by atoms with van der Waals surface area (Å²) in [5.74, 6) is -1.50. The molecule has 0 aliphatic rings. The predicted octanol–water partition coefficient (Wildman–Crippen LogP) is 4.30. The Hall–Kier alpha value is -3.40. The first-order valence-electron chi connectivity index (χ1n) is 10.5. The van der Waals surface area contributed by atoms with Gasteiger partial charge in [0.25, 0.3) is 5.91 Å². The van der Waals surface area contributed by atoms with Gasteiger partial charge in [-0.2, -0.15) is 0 Å². The summed E-state index contributed by atoms with van der Waals surface area (Å²) in [6.45, 7) is 4.28. The van der Waals surface area contributed by atoms with Crippen molar-refractivity contribution in [3.8, 4) is 0 Å². The number of nitrogens with zero attached hydrogens (tertiary/aromatic N) is 1. The van der Waals surface area contributed by atoms with E-state index in [9.17, 15) is 18.0 Å². The van der Waals surface area contributed by atoms with Crippen molar-refractivity contribution in [3.63, 3.8) is 0 Å². The van der Waals surface area contributed by atoms with E-state index in [0.717, 1.165) is 34.4 Å².